The Bertz CT molecular complexity index is 1400. The first kappa shape index (κ1) is 23.3. The van der Waals surface area contributed by atoms with Crippen LogP contribution in [0.2, 0.25) is 5.02 Å². The van der Waals surface area contributed by atoms with Crippen LogP contribution in [0.25, 0.3) is 0 Å². The molecular formula is C24H20ClN3O5S. The van der Waals surface area contributed by atoms with E-state index in [0.29, 0.717) is 10.8 Å². The maximum absolute atomic E-state index is 13.1. The summed E-state index contributed by atoms with van der Waals surface area (Å²) in [4.78, 5) is 12.8. The van der Waals surface area contributed by atoms with Crippen molar-refractivity contribution in [1.29, 1.82) is 0 Å². The van der Waals surface area contributed by atoms with E-state index >= 15 is 0 Å². The molecule has 0 aliphatic carbocycles. The zero-order valence-corrected chi connectivity index (χ0v) is 19.6. The van der Waals surface area contributed by atoms with Gasteiger partial charge in [-0.15, -0.1) is 0 Å². The lowest BCUT2D eigenvalue weighted by Gasteiger charge is -2.11. The molecule has 1 N–H and O–H groups in total. The summed E-state index contributed by atoms with van der Waals surface area (Å²) in [5.74, 6) is 0.434. The molecule has 4 aromatic rings. The number of hydrogen-bond donors (Lipinski definition) is 1. The van der Waals surface area contributed by atoms with E-state index in [2.05, 4.69) is 10.4 Å². The average Bonchev–Trinajstić information content (AvgIpc) is 3.33. The van der Waals surface area contributed by atoms with Crippen LogP contribution in [0.4, 0.5) is 5.69 Å². The zero-order chi connectivity index (χ0) is 24.1. The number of amides is 1. The van der Waals surface area contributed by atoms with Gasteiger partial charge in [-0.05, 0) is 54.6 Å². The smallest absolute Gasteiger partial charge is 0.276 e. The molecule has 0 aliphatic heterocycles. The molecule has 4 rings (SSSR count). The van der Waals surface area contributed by atoms with Crippen LogP contribution in [-0.2, 0) is 16.6 Å². The third-order valence-corrected chi connectivity index (χ3v) is 6.79. The SMILES string of the molecule is COc1cc(NC(=O)c2ccn(COc3ccccc3)n2)cc(S(=O)(=O)c2ccc(Cl)cc2)c1. The van der Waals surface area contributed by atoms with E-state index in [9.17, 15) is 13.2 Å². The molecule has 1 amide bonds. The molecule has 0 aliphatic rings. The lowest BCUT2D eigenvalue weighted by Crippen LogP contribution is -2.15. The zero-order valence-electron chi connectivity index (χ0n) is 18.0. The highest BCUT2D eigenvalue weighted by molar-refractivity contribution is 7.91. The minimum atomic E-state index is -3.87. The number of hydrogen-bond acceptors (Lipinski definition) is 6. The summed E-state index contributed by atoms with van der Waals surface area (Å²) >= 11 is 5.87. The molecule has 0 atom stereocenters. The van der Waals surface area contributed by atoms with Crippen LogP contribution in [0.3, 0.4) is 0 Å². The van der Waals surface area contributed by atoms with Crippen LogP contribution in [-0.4, -0.2) is 31.2 Å². The summed E-state index contributed by atoms with van der Waals surface area (Å²) in [6.45, 7) is 0.125. The van der Waals surface area contributed by atoms with E-state index < -0.39 is 15.7 Å². The van der Waals surface area contributed by atoms with Crippen LogP contribution in [0.1, 0.15) is 10.5 Å². The van der Waals surface area contributed by atoms with Crippen molar-refractivity contribution in [3.05, 3.63) is 95.8 Å². The predicted octanol–water partition coefficient (Wildman–Crippen LogP) is 4.67. The molecule has 174 valence electrons. The number of rotatable bonds is 8. The third-order valence-electron chi connectivity index (χ3n) is 4.79. The molecule has 8 nitrogen and oxygen atoms in total. The number of carbonyl (C=O) groups is 1. The van der Waals surface area contributed by atoms with Crippen LogP contribution < -0.4 is 14.8 Å². The second kappa shape index (κ2) is 9.98. The van der Waals surface area contributed by atoms with E-state index in [1.165, 1.54) is 60.3 Å². The van der Waals surface area contributed by atoms with Gasteiger partial charge in [0.15, 0.2) is 12.4 Å². The number of benzene rings is 3. The molecule has 0 spiro atoms. The van der Waals surface area contributed by atoms with Gasteiger partial charge in [-0.25, -0.2) is 13.1 Å². The van der Waals surface area contributed by atoms with E-state index in [4.69, 9.17) is 21.1 Å². The average molecular weight is 498 g/mol. The highest BCUT2D eigenvalue weighted by atomic mass is 35.5. The maximum Gasteiger partial charge on any atom is 0.276 e. The summed E-state index contributed by atoms with van der Waals surface area (Å²) in [7, 11) is -2.46. The quantitative estimate of drug-likeness (QED) is 0.380. The van der Waals surface area contributed by atoms with Crippen LogP contribution in [0.5, 0.6) is 11.5 Å². The molecular weight excluding hydrogens is 478 g/mol. The predicted molar refractivity (Wildman–Crippen MR) is 127 cm³/mol. The van der Waals surface area contributed by atoms with E-state index in [-0.39, 0.29) is 33.7 Å². The number of methoxy groups -OCH3 is 1. The van der Waals surface area contributed by atoms with Crippen molar-refractivity contribution in [2.24, 2.45) is 0 Å². The third kappa shape index (κ3) is 5.38. The molecule has 3 aromatic carbocycles. The van der Waals surface area contributed by atoms with E-state index in [1.54, 1.807) is 6.20 Å². The summed E-state index contributed by atoms with van der Waals surface area (Å²) < 4.78 is 38.5. The van der Waals surface area contributed by atoms with Gasteiger partial charge in [-0.1, -0.05) is 29.8 Å². The summed E-state index contributed by atoms with van der Waals surface area (Å²) in [6.07, 6.45) is 1.61. The van der Waals surface area contributed by atoms with E-state index in [0.717, 1.165) is 0 Å². The fraction of sp³-hybridized carbons (Fsp3) is 0.0833. The monoisotopic (exact) mass is 497 g/mol. The number of carbonyl (C=O) groups excluding carboxylic acids is 1. The van der Waals surface area contributed by atoms with Gasteiger partial charge in [0.05, 0.1) is 16.9 Å². The van der Waals surface area contributed by atoms with Gasteiger partial charge in [-0.3, -0.25) is 4.79 Å². The van der Waals surface area contributed by atoms with Crippen molar-refractivity contribution < 1.29 is 22.7 Å². The molecule has 0 radical (unpaired) electrons. The van der Waals surface area contributed by atoms with Gasteiger partial charge in [0.1, 0.15) is 11.5 Å². The van der Waals surface area contributed by atoms with Gasteiger partial charge in [0.25, 0.3) is 5.91 Å². The van der Waals surface area contributed by atoms with Crippen molar-refractivity contribution in [1.82, 2.24) is 9.78 Å². The molecule has 1 heterocycles. The van der Waals surface area contributed by atoms with Crippen molar-refractivity contribution in [3.63, 3.8) is 0 Å². The molecule has 0 fully saturated rings. The molecule has 0 bridgehead atoms. The Morgan fingerprint density at radius 3 is 2.41 bits per heavy atom. The van der Waals surface area contributed by atoms with Crippen LogP contribution >= 0.6 is 11.6 Å². The fourth-order valence-electron chi connectivity index (χ4n) is 3.07. The topological polar surface area (TPSA) is 99.5 Å². The first-order valence-corrected chi connectivity index (χ1v) is 11.9. The molecule has 1 aromatic heterocycles. The van der Waals surface area contributed by atoms with Crippen molar-refractivity contribution in [3.8, 4) is 11.5 Å². The van der Waals surface area contributed by atoms with Gasteiger partial charge >= 0.3 is 0 Å². The summed E-state index contributed by atoms with van der Waals surface area (Å²) in [5.41, 5.74) is 0.383. The number of nitrogens with zero attached hydrogens (tertiary/aromatic N) is 2. The number of aromatic nitrogens is 2. The van der Waals surface area contributed by atoms with Crippen LogP contribution in [0, 0.1) is 0 Å². The second-order valence-electron chi connectivity index (χ2n) is 7.14. The minimum absolute atomic E-state index is 0.0359. The van der Waals surface area contributed by atoms with E-state index in [1.807, 2.05) is 30.3 Å². The number of sulfone groups is 1. The molecule has 0 unspecified atom stereocenters. The van der Waals surface area contributed by atoms with Crippen LogP contribution in [0.15, 0.2) is 94.9 Å². The van der Waals surface area contributed by atoms with Gasteiger partial charge < -0.3 is 14.8 Å². The summed E-state index contributed by atoms with van der Waals surface area (Å²) in [5, 5.41) is 7.30. The number of para-hydroxylation sites is 1. The fourth-order valence-corrected chi connectivity index (χ4v) is 4.52. The minimum Gasteiger partial charge on any atom is -0.497 e. The molecule has 34 heavy (non-hydrogen) atoms. The highest BCUT2D eigenvalue weighted by Gasteiger charge is 2.20. The first-order valence-electron chi connectivity index (χ1n) is 10.1. The normalized spacial score (nSPS) is 11.1. The highest BCUT2D eigenvalue weighted by Crippen LogP contribution is 2.29. The van der Waals surface area contributed by atoms with Crippen molar-refractivity contribution in [2.45, 2.75) is 16.5 Å². The Balaban J connectivity index is 1.52. The lowest BCUT2D eigenvalue weighted by molar-refractivity contribution is 0.102. The molecule has 0 saturated carbocycles. The van der Waals surface area contributed by atoms with Crippen molar-refractivity contribution >= 4 is 33.0 Å². The van der Waals surface area contributed by atoms with Gasteiger partial charge in [0.2, 0.25) is 9.84 Å². The molecule has 0 saturated heterocycles. The second-order valence-corrected chi connectivity index (χ2v) is 9.52. The Labute approximate surface area is 201 Å². The van der Waals surface area contributed by atoms with Gasteiger partial charge in [-0.2, -0.15) is 5.10 Å². The Morgan fingerprint density at radius 2 is 1.71 bits per heavy atom. The maximum atomic E-state index is 13.1. The largest absolute Gasteiger partial charge is 0.497 e. The number of halogens is 1. The molecule has 10 heteroatoms. The van der Waals surface area contributed by atoms with Crippen molar-refractivity contribution in [2.75, 3.05) is 12.4 Å². The summed E-state index contributed by atoms with van der Waals surface area (Å²) in [6, 6.07) is 20.8. The Kier molecular flexibility index (Phi) is 6.85. The lowest BCUT2D eigenvalue weighted by atomic mass is 10.3. The Morgan fingerprint density at radius 1 is 0.971 bits per heavy atom. The number of ether oxygens (including phenoxy) is 2. The standard InChI is InChI=1S/C24H20ClN3O5S/c1-32-20-13-18(14-22(15-20)34(30,31)21-9-7-17(25)8-10-21)26-24(29)23-11-12-28(27-23)16-33-19-5-3-2-4-6-19/h2-15H,16H2,1H3,(H,26,29). The van der Waals surface area contributed by atoms with Gasteiger partial charge in [0, 0.05) is 23.0 Å². The Hall–Kier alpha value is -3.82. The number of anilines is 1. The number of nitrogens with one attached hydrogen (secondary N) is 1. The first-order chi connectivity index (χ1) is 16.3.